The average molecular weight is 351 g/mol. The first-order chi connectivity index (χ1) is 12.5. The number of amides is 1. The van der Waals surface area contributed by atoms with E-state index in [1.807, 2.05) is 17.0 Å². The number of carbonyl (C=O) groups is 1. The van der Waals surface area contributed by atoms with Crippen LogP contribution in [0.2, 0.25) is 0 Å². The standard InChI is InChI=1S/C18H17N5O3/c1-13-8-17(20-10-16(13)23(25)26)21-6-7-22(18(24)12-21)11-15-4-2-14(9-19)3-5-15/h2-5,8,10H,6-7,11-12H2,1H3. The molecule has 0 saturated carbocycles. The summed E-state index contributed by atoms with van der Waals surface area (Å²) < 4.78 is 0. The molecule has 1 amide bonds. The molecule has 132 valence electrons. The fourth-order valence-electron chi connectivity index (χ4n) is 2.87. The van der Waals surface area contributed by atoms with E-state index in [9.17, 15) is 14.9 Å². The first-order valence-electron chi connectivity index (χ1n) is 8.10. The molecule has 2 heterocycles. The second kappa shape index (κ2) is 7.19. The fraction of sp³-hybridized carbons (Fsp3) is 0.278. The summed E-state index contributed by atoms with van der Waals surface area (Å²) in [6.07, 6.45) is 1.23. The number of aryl methyl sites for hydroxylation is 1. The molecule has 1 aromatic carbocycles. The molecule has 8 nitrogen and oxygen atoms in total. The third-order valence-corrected chi connectivity index (χ3v) is 4.36. The molecule has 0 unspecified atom stereocenters. The van der Waals surface area contributed by atoms with Gasteiger partial charge in [0, 0.05) is 25.2 Å². The highest BCUT2D eigenvalue weighted by Crippen LogP contribution is 2.22. The van der Waals surface area contributed by atoms with E-state index in [1.54, 1.807) is 30.0 Å². The quantitative estimate of drug-likeness (QED) is 0.617. The maximum Gasteiger partial charge on any atom is 0.290 e. The van der Waals surface area contributed by atoms with Gasteiger partial charge < -0.3 is 9.80 Å². The van der Waals surface area contributed by atoms with Crippen LogP contribution in [0, 0.1) is 28.4 Å². The van der Waals surface area contributed by atoms with Crippen LogP contribution in [0.15, 0.2) is 36.5 Å². The van der Waals surface area contributed by atoms with Crippen molar-refractivity contribution in [2.75, 3.05) is 24.5 Å². The number of pyridine rings is 1. The molecule has 0 atom stereocenters. The van der Waals surface area contributed by atoms with Gasteiger partial charge in [-0.15, -0.1) is 0 Å². The molecule has 1 aliphatic heterocycles. The number of aromatic nitrogens is 1. The Hall–Kier alpha value is -3.47. The second-order valence-corrected chi connectivity index (χ2v) is 6.13. The van der Waals surface area contributed by atoms with E-state index in [1.165, 1.54) is 6.20 Å². The third kappa shape index (κ3) is 3.62. The maximum atomic E-state index is 12.5. The second-order valence-electron chi connectivity index (χ2n) is 6.13. The van der Waals surface area contributed by atoms with E-state index >= 15 is 0 Å². The minimum atomic E-state index is -0.465. The molecule has 0 spiro atoms. The number of hydrogen-bond donors (Lipinski definition) is 0. The van der Waals surface area contributed by atoms with Crippen LogP contribution >= 0.6 is 0 Å². The van der Waals surface area contributed by atoms with Crippen LogP contribution in [0.25, 0.3) is 0 Å². The van der Waals surface area contributed by atoms with Crippen molar-refractivity contribution in [3.8, 4) is 6.07 Å². The van der Waals surface area contributed by atoms with Crippen LogP contribution < -0.4 is 4.90 Å². The molecule has 0 aliphatic carbocycles. The molecule has 2 aromatic rings. The fourth-order valence-corrected chi connectivity index (χ4v) is 2.87. The predicted octanol–water partition coefficient (Wildman–Crippen LogP) is 2.02. The summed E-state index contributed by atoms with van der Waals surface area (Å²) in [5.41, 5.74) is 2.05. The van der Waals surface area contributed by atoms with Gasteiger partial charge in [-0.1, -0.05) is 12.1 Å². The first kappa shape index (κ1) is 17.4. The van der Waals surface area contributed by atoms with Gasteiger partial charge in [-0.2, -0.15) is 5.26 Å². The summed E-state index contributed by atoms with van der Waals surface area (Å²) in [5.74, 6) is 0.540. The minimum Gasteiger partial charge on any atom is -0.346 e. The molecule has 0 radical (unpaired) electrons. The Labute approximate surface area is 150 Å². The summed E-state index contributed by atoms with van der Waals surface area (Å²) in [6.45, 7) is 3.47. The summed E-state index contributed by atoms with van der Waals surface area (Å²) in [7, 11) is 0. The Balaban J connectivity index is 1.66. The van der Waals surface area contributed by atoms with Crippen molar-refractivity contribution in [1.29, 1.82) is 5.26 Å². The number of rotatable bonds is 4. The zero-order valence-electron chi connectivity index (χ0n) is 14.3. The summed E-state index contributed by atoms with van der Waals surface area (Å²) in [6, 6.07) is 10.9. The lowest BCUT2D eigenvalue weighted by Crippen LogP contribution is -2.50. The Kier molecular flexibility index (Phi) is 4.80. The Morgan fingerprint density at radius 2 is 2.04 bits per heavy atom. The normalized spacial score (nSPS) is 14.2. The highest BCUT2D eigenvalue weighted by molar-refractivity contribution is 5.82. The van der Waals surface area contributed by atoms with E-state index in [0.717, 1.165) is 5.56 Å². The predicted molar refractivity (Wildman–Crippen MR) is 94.4 cm³/mol. The van der Waals surface area contributed by atoms with Gasteiger partial charge in [0.15, 0.2) is 0 Å². The van der Waals surface area contributed by atoms with Gasteiger partial charge in [-0.05, 0) is 30.7 Å². The summed E-state index contributed by atoms with van der Waals surface area (Å²) in [5, 5.41) is 19.7. The van der Waals surface area contributed by atoms with Crippen LogP contribution in [-0.2, 0) is 11.3 Å². The van der Waals surface area contributed by atoms with Crippen LogP contribution in [0.3, 0.4) is 0 Å². The number of nitrogens with zero attached hydrogens (tertiary/aromatic N) is 5. The highest BCUT2D eigenvalue weighted by atomic mass is 16.6. The van der Waals surface area contributed by atoms with E-state index in [-0.39, 0.29) is 18.1 Å². The zero-order valence-corrected chi connectivity index (χ0v) is 14.3. The Bertz CT molecular complexity index is 889. The lowest BCUT2D eigenvalue weighted by Gasteiger charge is -2.35. The minimum absolute atomic E-state index is 0.0282. The number of hydrogen-bond acceptors (Lipinski definition) is 6. The maximum absolute atomic E-state index is 12.5. The first-order valence-corrected chi connectivity index (χ1v) is 8.10. The molecule has 1 fully saturated rings. The van der Waals surface area contributed by atoms with Crippen molar-refractivity contribution in [3.63, 3.8) is 0 Å². The van der Waals surface area contributed by atoms with Crippen molar-refractivity contribution in [2.45, 2.75) is 13.5 Å². The van der Waals surface area contributed by atoms with Gasteiger partial charge in [0.2, 0.25) is 5.91 Å². The van der Waals surface area contributed by atoms with Crippen molar-refractivity contribution in [3.05, 3.63) is 63.3 Å². The third-order valence-electron chi connectivity index (χ3n) is 4.36. The van der Waals surface area contributed by atoms with E-state index in [4.69, 9.17) is 5.26 Å². The van der Waals surface area contributed by atoms with Crippen molar-refractivity contribution in [2.24, 2.45) is 0 Å². The van der Waals surface area contributed by atoms with Gasteiger partial charge in [0.1, 0.15) is 12.0 Å². The van der Waals surface area contributed by atoms with E-state index in [2.05, 4.69) is 11.1 Å². The number of benzene rings is 1. The molecular weight excluding hydrogens is 334 g/mol. The Morgan fingerprint density at radius 3 is 2.62 bits per heavy atom. The molecule has 1 aliphatic rings. The largest absolute Gasteiger partial charge is 0.346 e. The molecule has 1 aromatic heterocycles. The van der Waals surface area contributed by atoms with E-state index in [0.29, 0.717) is 36.6 Å². The number of anilines is 1. The van der Waals surface area contributed by atoms with Crippen molar-refractivity contribution in [1.82, 2.24) is 9.88 Å². The SMILES string of the molecule is Cc1cc(N2CCN(Cc3ccc(C#N)cc3)C(=O)C2)ncc1[N+](=O)[O-]. The van der Waals surface area contributed by atoms with Crippen LogP contribution in [0.4, 0.5) is 11.5 Å². The lowest BCUT2D eigenvalue weighted by molar-refractivity contribution is -0.385. The smallest absolute Gasteiger partial charge is 0.290 e. The molecule has 26 heavy (non-hydrogen) atoms. The van der Waals surface area contributed by atoms with Crippen molar-refractivity contribution >= 4 is 17.4 Å². The zero-order chi connectivity index (χ0) is 18.7. The van der Waals surface area contributed by atoms with Crippen LogP contribution in [0.5, 0.6) is 0 Å². The van der Waals surface area contributed by atoms with Gasteiger partial charge in [0.05, 0.1) is 23.1 Å². The molecule has 8 heteroatoms. The topological polar surface area (TPSA) is 103 Å². The summed E-state index contributed by atoms with van der Waals surface area (Å²) >= 11 is 0. The Morgan fingerprint density at radius 1 is 1.31 bits per heavy atom. The molecule has 1 saturated heterocycles. The summed E-state index contributed by atoms with van der Waals surface area (Å²) in [4.78, 5) is 30.6. The molecule has 0 bridgehead atoms. The highest BCUT2D eigenvalue weighted by Gasteiger charge is 2.25. The van der Waals surface area contributed by atoms with Gasteiger partial charge in [-0.25, -0.2) is 4.98 Å². The van der Waals surface area contributed by atoms with E-state index < -0.39 is 4.92 Å². The number of nitro groups is 1. The molecule has 3 rings (SSSR count). The van der Waals surface area contributed by atoms with Gasteiger partial charge >= 0.3 is 0 Å². The van der Waals surface area contributed by atoms with Gasteiger partial charge in [0.25, 0.3) is 5.69 Å². The molecular formula is C18H17N5O3. The number of piperazine rings is 1. The average Bonchev–Trinajstić information content (AvgIpc) is 2.63. The number of carbonyl (C=O) groups excluding carboxylic acids is 1. The van der Waals surface area contributed by atoms with Crippen molar-refractivity contribution < 1.29 is 9.72 Å². The monoisotopic (exact) mass is 351 g/mol. The lowest BCUT2D eigenvalue weighted by atomic mass is 10.1. The van der Waals surface area contributed by atoms with Crippen LogP contribution in [-0.4, -0.2) is 40.3 Å². The van der Waals surface area contributed by atoms with Gasteiger partial charge in [-0.3, -0.25) is 14.9 Å². The van der Waals surface area contributed by atoms with Crippen LogP contribution in [0.1, 0.15) is 16.7 Å². The number of nitriles is 1. The molecule has 0 N–H and O–H groups in total.